The number of hydrogen-bond donors (Lipinski definition) is 0. The number of aromatic nitrogens is 3. The van der Waals surface area contributed by atoms with Crippen LogP contribution in [0.1, 0.15) is 22.3 Å². The Bertz CT molecular complexity index is 2520. The lowest BCUT2D eigenvalue weighted by Gasteiger charge is -2.26. The summed E-state index contributed by atoms with van der Waals surface area (Å²) in [5.74, 6) is 1.80. The third-order valence-electron chi connectivity index (χ3n) is 9.54. The van der Waals surface area contributed by atoms with Gasteiger partial charge in [-0.1, -0.05) is 24.3 Å². The van der Waals surface area contributed by atoms with E-state index >= 15 is 0 Å². The number of nitrogens with zero attached hydrogens (tertiary/aromatic N) is 4. The van der Waals surface area contributed by atoms with Gasteiger partial charge in [-0.2, -0.15) is 0 Å². The summed E-state index contributed by atoms with van der Waals surface area (Å²) in [5, 5.41) is 0. The number of rotatable bonds is 6. The number of oxazole rings is 3. The summed E-state index contributed by atoms with van der Waals surface area (Å²) < 4.78 is 18.4. The van der Waals surface area contributed by atoms with E-state index in [9.17, 15) is 0 Å². The van der Waals surface area contributed by atoms with Crippen molar-refractivity contribution in [1.29, 1.82) is 0 Å². The SMILES string of the molecule is Cc1cc(N(c2ccc(-c3nc4ccccc4o3)cc2)c2ccc(-c3nc4ccccc4o3)cc2)ccc1-c1nc2c(C)c(C)c(C)cc2o1. The molecule has 9 rings (SSSR count). The van der Waals surface area contributed by atoms with Gasteiger partial charge in [0.2, 0.25) is 17.7 Å². The van der Waals surface area contributed by atoms with Crippen molar-refractivity contribution in [2.75, 3.05) is 4.90 Å². The predicted octanol–water partition coefficient (Wildman–Crippen LogP) is 11.8. The molecule has 0 aliphatic carbocycles. The minimum Gasteiger partial charge on any atom is -0.436 e. The number of benzene rings is 6. The fourth-order valence-corrected chi connectivity index (χ4v) is 6.56. The molecule has 3 aromatic heterocycles. The van der Waals surface area contributed by atoms with E-state index in [2.05, 4.69) is 81.1 Å². The van der Waals surface area contributed by atoms with Gasteiger partial charge in [-0.15, -0.1) is 0 Å². The zero-order valence-corrected chi connectivity index (χ0v) is 28.1. The third kappa shape index (κ3) is 5.02. The van der Waals surface area contributed by atoms with Crippen molar-refractivity contribution in [3.05, 3.63) is 144 Å². The number of aryl methyl sites for hydroxylation is 3. The summed E-state index contributed by atoms with van der Waals surface area (Å²) in [4.78, 5) is 16.6. The molecule has 6 aromatic carbocycles. The Morgan fingerprint density at radius 1 is 0.440 bits per heavy atom. The molecule has 0 aliphatic rings. The summed E-state index contributed by atoms with van der Waals surface area (Å²) in [6.45, 7) is 8.45. The second kappa shape index (κ2) is 11.6. The molecule has 0 amide bonds. The van der Waals surface area contributed by atoms with Gasteiger partial charge in [0.15, 0.2) is 16.7 Å². The fourth-order valence-electron chi connectivity index (χ4n) is 6.56. The Morgan fingerprint density at radius 3 is 1.50 bits per heavy atom. The van der Waals surface area contributed by atoms with Crippen molar-refractivity contribution in [3.8, 4) is 34.4 Å². The van der Waals surface area contributed by atoms with Crippen molar-refractivity contribution in [2.45, 2.75) is 27.7 Å². The average molecular weight is 653 g/mol. The van der Waals surface area contributed by atoms with Crippen LogP contribution in [0.25, 0.3) is 67.7 Å². The Kier molecular flexibility index (Phi) is 6.88. The molecule has 0 atom stereocenters. The molecule has 7 heteroatoms. The molecule has 9 aromatic rings. The van der Waals surface area contributed by atoms with Crippen LogP contribution in [-0.2, 0) is 0 Å². The molecule has 0 aliphatic heterocycles. The molecule has 0 N–H and O–H groups in total. The molecule has 0 bridgehead atoms. The molecule has 242 valence electrons. The van der Waals surface area contributed by atoms with Crippen LogP contribution in [0.3, 0.4) is 0 Å². The maximum atomic E-state index is 6.32. The Balaban J connectivity index is 1.11. The zero-order chi connectivity index (χ0) is 33.9. The van der Waals surface area contributed by atoms with E-state index in [1.165, 1.54) is 11.1 Å². The molecule has 0 spiro atoms. The van der Waals surface area contributed by atoms with Crippen LogP contribution in [0.2, 0.25) is 0 Å². The molecule has 0 radical (unpaired) electrons. The lowest BCUT2D eigenvalue weighted by atomic mass is 10.0. The quantitative estimate of drug-likeness (QED) is 0.177. The van der Waals surface area contributed by atoms with Crippen LogP contribution in [-0.4, -0.2) is 15.0 Å². The first-order valence-corrected chi connectivity index (χ1v) is 16.6. The zero-order valence-electron chi connectivity index (χ0n) is 28.1. The minimum absolute atomic E-state index is 0.589. The lowest BCUT2D eigenvalue weighted by Crippen LogP contribution is -2.10. The van der Waals surface area contributed by atoms with Crippen molar-refractivity contribution in [3.63, 3.8) is 0 Å². The normalized spacial score (nSPS) is 11.6. The van der Waals surface area contributed by atoms with Gasteiger partial charge in [0.1, 0.15) is 16.6 Å². The van der Waals surface area contributed by atoms with Gasteiger partial charge in [0.05, 0.1) is 0 Å². The largest absolute Gasteiger partial charge is 0.436 e. The summed E-state index contributed by atoms with van der Waals surface area (Å²) >= 11 is 0. The third-order valence-corrected chi connectivity index (χ3v) is 9.54. The number of para-hydroxylation sites is 4. The highest BCUT2D eigenvalue weighted by atomic mass is 16.4. The van der Waals surface area contributed by atoms with E-state index in [0.29, 0.717) is 17.7 Å². The fraction of sp³-hybridized carbons (Fsp3) is 0.0930. The number of fused-ring (bicyclic) bond motifs is 3. The molecule has 7 nitrogen and oxygen atoms in total. The molecule has 0 saturated heterocycles. The number of hydrogen-bond acceptors (Lipinski definition) is 7. The van der Waals surface area contributed by atoms with E-state index in [-0.39, 0.29) is 0 Å². The van der Waals surface area contributed by atoms with Crippen LogP contribution in [0.5, 0.6) is 0 Å². The van der Waals surface area contributed by atoms with Crippen LogP contribution < -0.4 is 4.90 Å². The topological polar surface area (TPSA) is 81.3 Å². The van der Waals surface area contributed by atoms with E-state index in [1.54, 1.807) is 0 Å². The van der Waals surface area contributed by atoms with Gasteiger partial charge in [0.25, 0.3) is 0 Å². The van der Waals surface area contributed by atoms with E-state index in [0.717, 1.165) is 78.2 Å². The Morgan fingerprint density at radius 2 is 0.960 bits per heavy atom. The highest BCUT2D eigenvalue weighted by Gasteiger charge is 2.19. The molecular formula is C43H32N4O3. The smallest absolute Gasteiger partial charge is 0.227 e. The monoisotopic (exact) mass is 652 g/mol. The first kappa shape index (κ1) is 29.7. The first-order valence-electron chi connectivity index (χ1n) is 16.6. The standard InChI is InChI=1S/C43H32N4O3/c1-25-24-39-40(28(4)27(25)3)46-43(50-39)34-22-21-33(23-26(34)2)47(31-17-13-29(14-18-31)41-44-35-9-5-7-11-37(35)48-41)32-19-15-30(16-20-32)42-45-36-10-6-8-12-38(36)49-42/h5-24H,1-4H3. The van der Waals surface area contributed by atoms with Crippen LogP contribution in [0, 0.1) is 27.7 Å². The van der Waals surface area contributed by atoms with Gasteiger partial charge in [-0.05, 0) is 147 Å². The highest BCUT2D eigenvalue weighted by molar-refractivity contribution is 5.85. The maximum Gasteiger partial charge on any atom is 0.227 e. The van der Waals surface area contributed by atoms with Gasteiger partial charge < -0.3 is 18.2 Å². The maximum absolute atomic E-state index is 6.32. The van der Waals surface area contributed by atoms with Crippen molar-refractivity contribution < 1.29 is 13.3 Å². The van der Waals surface area contributed by atoms with Crippen molar-refractivity contribution >= 4 is 50.4 Å². The van der Waals surface area contributed by atoms with E-state index < -0.39 is 0 Å². The van der Waals surface area contributed by atoms with E-state index in [1.807, 2.05) is 72.8 Å². The summed E-state index contributed by atoms with van der Waals surface area (Å²) in [6.07, 6.45) is 0. The first-order chi connectivity index (χ1) is 24.4. The van der Waals surface area contributed by atoms with Gasteiger partial charge in [-0.25, -0.2) is 15.0 Å². The second-order valence-corrected chi connectivity index (χ2v) is 12.7. The molecule has 0 saturated carbocycles. The van der Waals surface area contributed by atoms with Crippen LogP contribution in [0.4, 0.5) is 17.1 Å². The second-order valence-electron chi connectivity index (χ2n) is 12.7. The van der Waals surface area contributed by atoms with Gasteiger partial charge in [-0.3, -0.25) is 0 Å². The summed E-state index contributed by atoms with van der Waals surface area (Å²) in [6, 6.07) is 40.6. The van der Waals surface area contributed by atoms with Crippen LogP contribution in [0.15, 0.2) is 135 Å². The predicted molar refractivity (Wildman–Crippen MR) is 199 cm³/mol. The summed E-state index contributed by atoms with van der Waals surface area (Å²) in [5.41, 5.74) is 15.3. The van der Waals surface area contributed by atoms with Gasteiger partial charge >= 0.3 is 0 Å². The average Bonchev–Trinajstić information content (AvgIpc) is 3.89. The molecule has 0 fully saturated rings. The minimum atomic E-state index is 0.589. The summed E-state index contributed by atoms with van der Waals surface area (Å²) in [7, 11) is 0. The molecule has 0 unspecified atom stereocenters. The molecular weight excluding hydrogens is 620 g/mol. The van der Waals surface area contributed by atoms with Crippen molar-refractivity contribution in [2.24, 2.45) is 0 Å². The highest BCUT2D eigenvalue weighted by Crippen LogP contribution is 2.40. The van der Waals surface area contributed by atoms with E-state index in [4.69, 9.17) is 28.2 Å². The lowest BCUT2D eigenvalue weighted by molar-refractivity contribution is 0.618. The van der Waals surface area contributed by atoms with Gasteiger partial charge in [0, 0.05) is 33.8 Å². The number of anilines is 3. The molecule has 50 heavy (non-hydrogen) atoms. The van der Waals surface area contributed by atoms with Crippen LogP contribution >= 0.6 is 0 Å². The molecule has 3 heterocycles. The Labute approximate surface area is 288 Å². The Hall–Kier alpha value is -6.47. The van der Waals surface area contributed by atoms with Crippen molar-refractivity contribution in [1.82, 2.24) is 15.0 Å².